The molecule has 0 aliphatic carbocycles. The van der Waals surface area contributed by atoms with Crippen LogP contribution in [0.25, 0.3) is 0 Å². The standard InChI is InChI=1S/C21H21N3O3/c1-14-13-23(16-6-4-3-5-7-16)10-11-24(14)19(25)15-8-9-17-18(12-15)21(27)22(2)20(17)26/h3-9,12,14H,10-11,13H2,1-2H3/t14-/m1/s1. The predicted octanol–water partition coefficient (Wildman–Crippen LogP) is 2.26. The summed E-state index contributed by atoms with van der Waals surface area (Å²) in [5, 5.41) is 0. The first-order valence-corrected chi connectivity index (χ1v) is 9.05. The number of fused-ring (bicyclic) bond motifs is 1. The summed E-state index contributed by atoms with van der Waals surface area (Å²) in [7, 11) is 1.46. The highest BCUT2D eigenvalue weighted by atomic mass is 16.2. The number of hydrogen-bond donors (Lipinski definition) is 0. The highest BCUT2D eigenvalue weighted by Gasteiger charge is 2.34. The number of nitrogens with zero attached hydrogens (tertiary/aromatic N) is 3. The molecule has 2 aromatic carbocycles. The average molecular weight is 363 g/mol. The Hall–Kier alpha value is -3.15. The lowest BCUT2D eigenvalue weighted by Crippen LogP contribution is -2.54. The Balaban J connectivity index is 1.53. The van der Waals surface area contributed by atoms with Gasteiger partial charge in [0.1, 0.15) is 0 Å². The second kappa shape index (κ2) is 6.54. The molecule has 0 radical (unpaired) electrons. The van der Waals surface area contributed by atoms with Crippen molar-refractivity contribution in [1.82, 2.24) is 9.80 Å². The van der Waals surface area contributed by atoms with Crippen molar-refractivity contribution in [3.8, 4) is 0 Å². The van der Waals surface area contributed by atoms with E-state index in [-0.39, 0.29) is 23.8 Å². The van der Waals surface area contributed by atoms with Crippen LogP contribution in [0.5, 0.6) is 0 Å². The van der Waals surface area contributed by atoms with Gasteiger partial charge >= 0.3 is 0 Å². The van der Waals surface area contributed by atoms with Crippen molar-refractivity contribution in [2.75, 3.05) is 31.6 Å². The molecule has 6 heteroatoms. The number of carbonyl (C=O) groups is 3. The third-order valence-electron chi connectivity index (χ3n) is 5.35. The molecule has 2 heterocycles. The second-order valence-corrected chi connectivity index (χ2v) is 7.06. The van der Waals surface area contributed by atoms with Crippen LogP contribution in [0.1, 0.15) is 38.0 Å². The number of para-hydroxylation sites is 1. The maximum absolute atomic E-state index is 13.0. The number of benzene rings is 2. The van der Waals surface area contributed by atoms with Gasteiger partial charge < -0.3 is 9.80 Å². The van der Waals surface area contributed by atoms with Crippen molar-refractivity contribution in [2.24, 2.45) is 0 Å². The van der Waals surface area contributed by atoms with Gasteiger partial charge in [-0.15, -0.1) is 0 Å². The molecule has 0 bridgehead atoms. The molecular weight excluding hydrogens is 342 g/mol. The van der Waals surface area contributed by atoms with Gasteiger partial charge in [0.25, 0.3) is 17.7 Å². The molecule has 0 spiro atoms. The van der Waals surface area contributed by atoms with Crippen LogP contribution in [0.15, 0.2) is 48.5 Å². The molecule has 1 saturated heterocycles. The molecule has 6 nitrogen and oxygen atoms in total. The highest BCUT2D eigenvalue weighted by molar-refractivity contribution is 6.21. The topological polar surface area (TPSA) is 60.9 Å². The molecule has 0 saturated carbocycles. The lowest BCUT2D eigenvalue weighted by atomic mass is 10.0. The van der Waals surface area contributed by atoms with Crippen LogP contribution >= 0.6 is 0 Å². The first-order valence-electron chi connectivity index (χ1n) is 9.05. The quantitative estimate of drug-likeness (QED) is 0.768. The van der Waals surface area contributed by atoms with Crippen LogP contribution in [0.3, 0.4) is 0 Å². The number of rotatable bonds is 2. The lowest BCUT2D eigenvalue weighted by Gasteiger charge is -2.41. The third-order valence-corrected chi connectivity index (χ3v) is 5.35. The number of carbonyl (C=O) groups excluding carboxylic acids is 3. The van der Waals surface area contributed by atoms with E-state index >= 15 is 0 Å². The second-order valence-electron chi connectivity index (χ2n) is 7.06. The Bertz CT molecular complexity index is 926. The number of hydrogen-bond acceptors (Lipinski definition) is 4. The molecule has 0 N–H and O–H groups in total. The molecule has 1 atom stereocenters. The van der Waals surface area contributed by atoms with Crippen LogP contribution in [-0.2, 0) is 0 Å². The smallest absolute Gasteiger partial charge is 0.261 e. The van der Waals surface area contributed by atoms with E-state index in [1.807, 2.05) is 30.0 Å². The zero-order valence-electron chi connectivity index (χ0n) is 15.4. The fourth-order valence-electron chi connectivity index (χ4n) is 3.79. The Morgan fingerprint density at radius 1 is 0.963 bits per heavy atom. The summed E-state index contributed by atoms with van der Waals surface area (Å²) in [6.07, 6.45) is 0. The fraction of sp³-hybridized carbons (Fsp3) is 0.286. The van der Waals surface area contributed by atoms with E-state index in [0.717, 1.165) is 23.7 Å². The van der Waals surface area contributed by atoms with Crippen molar-refractivity contribution < 1.29 is 14.4 Å². The summed E-state index contributed by atoms with van der Waals surface area (Å²) < 4.78 is 0. The Morgan fingerprint density at radius 3 is 2.37 bits per heavy atom. The minimum atomic E-state index is -0.355. The predicted molar refractivity (Wildman–Crippen MR) is 102 cm³/mol. The van der Waals surface area contributed by atoms with Crippen molar-refractivity contribution in [2.45, 2.75) is 13.0 Å². The molecule has 2 aromatic rings. The number of piperazine rings is 1. The van der Waals surface area contributed by atoms with Gasteiger partial charge in [0.05, 0.1) is 11.1 Å². The normalized spacial score (nSPS) is 19.5. The summed E-state index contributed by atoms with van der Waals surface area (Å²) in [4.78, 5) is 42.4. The first-order chi connectivity index (χ1) is 13.0. The molecule has 3 amide bonds. The number of amides is 3. The monoisotopic (exact) mass is 363 g/mol. The summed E-state index contributed by atoms with van der Waals surface area (Å²) in [5.74, 6) is -0.779. The van der Waals surface area contributed by atoms with Crippen molar-refractivity contribution >= 4 is 23.4 Å². The van der Waals surface area contributed by atoms with Crippen molar-refractivity contribution in [1.29, 1.82) is 0 Å². The van der Waals surface area contributed by atoms with Crippen LogP contribution in [-0.4, -0.2) is 60.2 Å². The van der Waals surface area contributed by atoms with Gasteiger partial charge in [0.2, 0.25) is 0 Å². The molecule has 27 heavy (non-hydrogen) atoms. The van der Waals surface area contributed by atoms with Gasteiger partial charge in [-0.2, -0.15) is 0 Å². The van der Waals surface area contributed by atoms with Gasteiger partial charge in [-0.3, -0.25) is 19.3 Å². The molecule has 138 valence electrons. The van der Waals surface area contributed by atoms with Gasteiger partial charge in [0.15, 0.2) is 0 Å². The van der Waals surface area contributed by atoms with Gasteiger partial charge in [0, 0.05) is 44.0 Å². The lowest BCUT2D eigenvalue weighted by molar-refractivity contribution is 0.0671. The van der Waals surface area contributed by atoms with Crippen molar-refractivity contribution in [3.05, 3.63) is 65.2 Å². The molecule has 2 aliphatic heterocycles. The van der Waals surface area contributed by atoms with Gasteiger partial charge in [-0.05, 0) is 37.3 Å². The molecule has 1 fully saturated rings. The molecule has 4 rings (SSSR count). The highest BCUT2D eigenvalue weighted by Crippen LogP contribution is 2.25. The summed E-state index contributed by atoms with van der Waals surface area (Å²) >= 11 is 0. The van der Waals surface area contributed by atoms with E-state index in [1.165, 1.54) is 7.05 Å². The average Bonchev–Trinajstić information content (AvgIpc) is 2.92. The molecular formula is C21H21N3O3. The third kappa shape index (κ3) is 2.87. The molecule has 0 aromatic heterocycles. The summed E-state index contributed by atoms with van der Waals surface area (Å²) in [6, 6.07) is 15.0. The minimum Gasteiger partial charge on any atom is -0.368 e. The van der Waals surface area contributed by atoms with Crippen LogP contribution in [0, 0.1) is 0 Å². The van der Waals surface area contributed by atoms with E-state index in [2.05, 4.69) is 17.0 Å². The molecule has 0 unspecified atom stereocenters. The largest absolute Gasteiger partial charge is 0.368 e. The Morgan fingerprint density at radius 2 is 1.67 bits per heavy atom. The van der Waals surface area contributed by atoms with Gasteiger partial charge in [-0.25, -0.2) is 0 Å². The SMILES string of the molecule is C[C@@H]1CN(c2ccccc2)CCN1C(=O)c1ccc2c(c1)C(=O)N(C)C2=O. The number of anilines is 1. The molecule has 2 aliphatic rings. The van der Waals surface area contributed by atoms with Crippen LogP contribution in [0.2, 0.25) is 0 Å². The van der Waals surface area contributed by atoms with Crippen LogP contribution in [0.4, 0.5) is 5.69 Å². The van der Waals surface area contributed by atoms with E-state index in [0.29, 0.717) is 23.2 Å². The van der Waals surface area contributed by atoms with E-state index in [9.17, 15) is 14.4 Å². The fourth-order valence-corrected chi connectivity index (χ4v) is 3.79. The maximum Gasteiger partial charge on any atom is 0.261 e. The minimum absolute atomic E-state index is 0.0414. The zero-order valence-corrected chi connectivity index (χ0v) is 15.4. The van der Waals surface area contributed by atoms with Gasteiger partial charge in [-0.1, -0.05) is 18.2 Å². The summed E-state index contributed by atoms with van der Waals surface area (Å²) in [5.41, 5.74) is 2.27. The maximum atomic E-state index is 13.0. The summed E-state index contributed by atoms with van der Waals surface area (Å²) in [6.45, 7) is 4.15. The van der Waals surface area contributed by atoms with Crippen molar-refractivity contribution in [3.63, 3.8) is 0 Å². The Labute approximate surface area is 158 Å². The number of imide groups is 1. The van der Waals surface area contributed by atoms with E-state index in [1.54, 1.807) is 18.2 Å². The first kappa shape index (κ1) is 17.3. The Kier molecular flexibility index (Phi) is 4.18. The van der Waals surface area contributed by atoms with E-state index in [4.69, 9.17) is 0 Å². The van der Waals surface area contributed by atoms with Crippen LogP contribution < -0.4 is 4.90 Å². The zero-order chi connectivity index (χ0) is 19.1. The van der Waals surface area contributed by atoms with E-state index < -0.39 is 0 Å².